The van der Waals surface area contributed by atoms with Gasteiger partial charge in [-0.05, 0) is 29.7 Å². The van der Waals surface area contributed by atoms with Crippen LogP contribution in [-0.4, -0.2) is 29.2 Å². The van der Waals surface area contributed by atoms with Crippen molar-refractivity contribution in [2.24, 2.45) is 0 Å². The minimum atomic E-state index is -1.08. The van der Waals surface area contributed by atoms with E-state index in [0.717, 1.165) is 16.8 Å². The van der Waals surface area contributed by atoms with E-state index in [-0.39, 0.29) is 19.0 Å². The predicted molar refractivity (Wildman–Crippen MR) is 102 cm³/mol. The van der Waals surface area contributed by atoms with Crippen molar-refractivity contribution in [3.63, 3.8) is 0 Å². The van der Waals surface area contributed by atoms with Gasteiger partial charge in [-0.15, -0.1) is 0 Å². The van der Waals surface area contributed by atoms with Gasteiger partial charge in [0.25, 0.3) is 0 Å². The van der Waals surface area contributed by atoms with Crippen molar-refractivity contribution in [2.75, 3.05) is 11.9 Å². The molecule has 2 atom stereocenters. The lowest BCUT2D eigenvalue weighted by molar-refractivity contribution is -0.150. The summed E-state index contributed by atoms with van der Waals surface area (Å²) in [6.07, 6.45) is 2.13. The number of ether oxygens (including phenoxy) is 1. The Morgan fingerprint density at radius 3 is 2.52 bits per heavy atom. The highest BCUT2D eigenvalue weighted by Crippen LogP contribution is 2.61. The number of rotatable bonds is 5. The van der Waals surface area contributed by atoms with Gasteiger partial charge in [-0.3, -0.25) is 4.79 Å². The number of aliphatic carboxylic acids is 1. The van der Waals surface area contributed by atoms with Gasteiger partial charge >= 0.3 is 11.9 Å². The van der Waals surface area contributed by atoms with Crippen LogP contribution in [0.25, 0.3) is 0 Å². The average molecular weight is 363 g/mol. The summed E-state index contributed by atoms with van der Waals surface area (Å²) in [5, 5.41) is 13.0. The van der Waals surface area contributed by atoms with Crippen molar-refractivity contribution in [3.05, 3.63) is 77.4 Å². The maximum absolute atomic E-state index is 13.3. The van der Waals surface area contributed by atoms with Gasteiger partial charge < -0.3 is 15.2 Å². The van der Waals surface area contributed by atoms with Crippen molar-refractivity contribution < 1.29 is 19.4 Å². The summed E-state index contributed by atoms with van der Waals surface area (Å²) in [7, 11) is 0. The van der Waals surface area contributed by atoms with Crippen LogP contribution in [0.15, 0.2) is 66.2 Å². The highest BCUT2D eigenvalue weighted by Gasteiger charge is 2.67. The minimum Gasteiger partial charge on any atom is -0.481 e. The van der Waals surface area contributed by atoms with E-state index in [4.69, 9.17) is 4.74 Å². The Morgan fingerprint density at radius 2 is 1.81 bits per heavy atom. The molecule has 2 aromatic rings. The van der Waals surface area contributed by atoms with E-state index in [1.165, 1.54) is 0 Å². The summed E-state index contributed by atoms with van der Waals surface area (Å²) in [6.45, 7) is 2.04. The summed E-state index contributed by atoms with van der Waals surface area (Å²) in [6, 6.07) is 17.4. The van der Waals surface area contributed by atoms with E-state index in [1.54, 1.807) is 6.92 Å². The number of fused-ring (bicyclic) bond motifs is 3. The van der Waals surface area contributed by atoms with Gasteiger partial charge in [0.2, 0.25) is 0 Å². The molecule has 0 radical (unpaired) electrons. The maximum atomic E-state index is 13.3. The Labute approximate surface area is 157 Å². The van der Waals surface area contributed by atoms with E-state index in [9.17, 15) is 14.7 Å². The molecule has 4 rings (SSSR count). The molecule has 0 saturated heterocycles. The van der Waals surface area contributed by atoms with Crippen LogP contribution in [-0.2, 0) is 19.7 Å². The van der Waals surface area contributed by atoms with Crippen molar-refractivity contribution >= 4 is 17.6 Å². The molecule has 0 spiro atoms. The Kier molecular flexibility index (Phi) is 4.02. The molecule has 0 saturated carbocycles. The van der Waals surface area contributed by atoms with E-state index in [1.807, 2.05) is 60.7 Å². The first-order chi connectivity index (χ1) is 13.1. The molecule has 0 bridgehead atoms. The van der Waals surface area contributed by atoms with E-state index in [2.05, 4.69) is 5.32 Å². The van der Waals surface area contributed by atoms with Crippen LogP contribution in [0.3, 0.4) is 0 Å². The molecule has 1 aliphatic heterocycles. The molecule has 1 aliphatic carbocycles. The number of carbonyl (C=O) groups excluding carboxylic acids is 1. The van der Waals surface area contributed by atoms with Gasteiger partial charge in [-0.2, -0.15) is 0 Å². The summed E-state index contributed by atoms with van der Waals surface area (Å²) >= 11 is 0. The number of carbonyl (C=O) groups is 2. The summed E-state index contributed by atoms with van der Waals surface area (Å²) in [5.41, 5.74) is 1.36. The molecule has 1 heterocycles. The largest absolute Gasteiger partial charge is 0.481 e. The Bertz CT molecular complexity index is 936. The molecule has 27 heavy (non-hydrogen) atoms. The Balaban J connectivity index is 2.04. The molecule has 0 unspecified atom stereocenters. The molecule has 5 heteroatoms. The minimum absolute atomic E-state index is 0.133. The zero-order chi connectivity index (χ0) is 19.1. The van der Waals surface area contributed by atoms with Crippen molar-refractivity contribution in [3.8, 4) is 0 Å². The molecule has 0 aromatic heterocycles. The second-order valence-corrected chi connectivity index (χ2v) is 6.92. The van der Waals surface area contributed by atoms with Crippen LogP contribution < -0.4 is 5.32 Å². The van der Waals surface area contributed by atoms with Crippen LogP contribution in [0.4, 0.5) is 5.69 Å². The zero-order valence-corrected chi connectivity index (χ0v) is 15.1. The zero-order valence-electron chi connectivity index (χ0n) is 15.1. The number of hydrogen-bond donors (Lipinski definition) is 2. The average Bonchev–Trinajstić information content (AvgIpc) is 3.14. The molecule has 2 aromatic carbocycles. The fourth-order valence-electron chi connectivity index (χ4n) is 4.74. The molecule has 0 fully saturated rings. The number of benzene rings is 2. The molecular formula is C22H21NO4. The summed E-state index contributed by atoms with van der Waals surface area (Å²) in [5.74, 6) is -1.28. The number of nitrogens with one attached hydrogen (secondary N) is 1. The highest BCUT2D eigenvalue weighted by molar-refractivity contribution is 5.96. The van der Waals surface area contributed by atoms with Gasteiger partial charge in [0.05, 0.1) is 18.4 Å². The van der Waals surface area contributed by atoms with E-state index in [0.29, 0.717) is 12.0 Å². The third-order valence-electron chi connectivity index (χ3n) is 5.63. The van der Waals surface area contributed by atoms with Gasteiger partial charge in [0.15, 0.2) is 5.54 Å². The number of carboxylic acids is 1. The lowest BCUT2D eigenvalue weighted by atomic mass is 9.61. The maximum Gasteiger partial charge on any atom is 0.333 e. The fraction of sp³-hybridized carbons (Fsp3) is 0.273. The third-order valence-corrected chi connectivity index (χ3v) is 5.63. The lowest BCUT2D eigenvalue weighted by Crippen LogP contribution is -2.57. The predicted octanol–water partition coefficient (Wildman–Crippen LogP) is 3.50. The first-order valence-electron chi connectivity index (χ1n) is 9.08. The molecule has 2 N–H and O–H groups in total. The van der Waals surface area contributed by atoms with Crippen LogP contribution in [0.5, 0.6) is 0 Å². The first kappa shape index (κ1) is 17.3. The van der Waals surface area contributed by atoms with Gasteiger partial charge in [0.1, 0.15) is 0 Å². The second-order valence-electron chi connectivity index (χ2n) is 6.92. The molecular weight excluding hydrogens is 342 g/mol. The van der Waals surface area contributed by atoms with Crippen LogP contribution in [0, 0.1) is 0 Å². The molecule has 138 valence electrons. The number of esters is 1. The normalized spacial score (nSPS) is 25.1. The first-order valence-corrected chi connectivity index (χ1v) is 9.08. The van der Waals surface area contributed by atoms with E-state index >= 15 is 0 Å². The van der Waals surface area contributed by atoms with Crippen molar-refractivity contribution in [2.45, 2.75) is 30.7 Å². The summed E-state index contributed by atoms with van der Waals surface area (Å²) in [4.78, 5) is 24.9. The lowest BCUT2D eigenvalue weighted by Gasteiger charge is -2.41. The number of hydrogen-bond acceptors (Lipinski definition) is 4. The van der Waals surface area contributed by atoms with Crippen molar-refractivity contribution in [1.29, 1.82) is 0 Å². The Morgan fingerprint density at radius 1 is 1.11 bits per heavy atom. The number of para-hydroxylation sites is 1. The standard InChI is InChI=1S/C22H21NO4/c1-2-27-20(26)21-13-12-16(14-19(24)25)22(21,15-8-4-3-5-9-15)17-10-6-7-11-18(17)23-21/h3-12,23H,2,13-14H2,1H3,(H,24,25)/t21-,22+/m0/s1. The smallest absolute Gasteiger partial charge is 0.333 e. The highest BCUT2D eigenvalue weighted by atomic mass is 16.5. The Hall–Kier alpha value is -3.08. The monoisotopic (exact) mass is 363 g/mol. The van der Waals surface area contributed by atoms with Gasteiger partial charge in [0, 0.05) is 12.1 Å². The SMILES string of the molecule is CCOC(=O)[C@@]12CC=C(CC(=O)O)[C@]1(c1ccccc1)c1ccccc1N2. The van der Waals surface area contributed by atoms with Gasteiger partial charge in [-0.1, -0.05) is 54.6 Å². The fourth-order valence-corrected chi connectivity index (χ4v) is 4.74. The number of carboxylic acid groups (broad SMARTS) is 1. The quantitative estimate of drug-likeness (QED) is 0.628. The molecule has 5 nitrogen and oxygen atoms in total. The van der Waals surface area contributed by atoms with Crippen LogP contribution >= 0.6 is 0 Å². The molecule has 2 aliphatic rings. The van der Waals surface area contributed by atoms with Gasteiger partial charge in [-0.25, -0.2) is 4.79 Å². The second kappa shape index (κ2) is 6.27. The molecule has 0 amide bonds. The topological polar surface area (TPSA) is 75.6 Å². The van der Waals surface area contributed by atoms with E-state index < -0.39 is 16.9 Å². The third kappa shape index (κ3) is 2.24. The summed E-state index contributed by atoms with van der Waals surface area (Å²) < 4.78 is 5.48. The van der Waals surface area contributed by atoms with Crippen LogP contribution in [0.2, 0.25) is 0 Å². The number of anilines is 1. The van der Waals surface area contributed by atoms with Crippen molar-refractivity contribution in [1.82, 2.24) is 0 Å². The van der Waals surface area contributed by atoms with Crippen LogP contribution in [0.1, 0.15) is 30.9 Å².